The lowest BCUT2D eigenvalue weighted by Gasteiger charge is -2.22. The molecule has 1 saturated carbocycles. The lowest BCUT2D eigenvalue weighted by Crippen LogP contribution is -2.30. The van der Waals surface area contributed by atoms with Crippen molar-refractivity contribution in [1.82, 2.24) is 15.5 Å². The van der Waals surface area contributed by atoms with Crippen LogP contribution in [0.25, 0.3) is 11.4 Å². The number of hydrogen-bond acceptors (Lipinski definition) is 5. The van der Waals surface area contributed by atoms with Crippen molar-refractivity contribution >= 4 is 5.91 Å². The van der Waals surface area contributed by atoms with E-state index in [1.54, 1.807) is 12.1 Å². The number of aromatic nitrogens is 2. The van der Waals surface area contributed by atoms with Gasteiger partial charge in [0.1, 0.15) is 5.75 Å². The Kier molecular flexibility index (Phi) is 6.42. The molecular weight excluding hydrogens is 378 g/mol. The van der Waals surface area contributed by atoms with Crippen LogP contribution in [-0.4, -0.2) is 22.6 Å². The van der Waals surface area contributed by atoms with E-state index in [0.717, 1.165) is 12.1 Å². The molecule has 1 heterocycles. The maximum Gasteiger partial charge on any atom is 0.264 e. The molecule has 0 saturated heterocycles. The van der Waals surface area contributed by atoms with Crippen LogP contribution in [0.4, 0.5) is 0 Å². The number of hydrogen-bond donors (Lipinski definition) is 1. The molecule has 0 bridgehead atoms. The van der Waals surface area contributed by atoms with Gasteiger partial charge in [0, 0.05) is 12.1 Å². The zero-order valence-electron chi connectivity index (χ0n) is 17.3. The molecule has 6 heteroatoms. The van der Waals surface area contributed by atoms with E-state index < -0.39 is 0 Å². The molecule has 1 amide bonds. The minimum atomic E-state index is -0.109. The summed E-state index contributed by atoms with van der Waals surface area (Å²) >= 11 is 0. The lowest BCUT2D eigenvalue weighted by molar-refractivity contribution is 0.0938. The van der Waals surface area contributed by atoms with Crippen LogP contribution < -0.4 is 10.1 Å². The molecule has 1 aliphatic carbocycles. The molecule has 6 nitrogen and oxygen atoms in total. The number of amides is 1. The van der Waals surface area contributed by atoms with Crippen LogP contribution in [0.1, 0.15) is 53.9 Å². The lowest BCUT2D eigenvalue weighted by atomic mass is 9.89. The van der Waals surface area contributed by atoms with Gasteiger partial charge in [0.25, 0.3) is 11.8 Å². The Labute approximate surface area is 176 Å². The molecule has 156 valence electrons. The quantitative estimate of drug-likeness (QED) is 0.603. The van der Waals surface area contributed by atoms with Gasteiger partial charge >= 0.3 is 0 Å². The van der Waals surface area contributed by atoms with Gasteiger partial charge in [-0.15, -0.1) is 0 Å². The molecule has 0 spiro atoms. The minimum absolute atomic E-state index is 0.103. The molecular formula is C24H27N3O3. The zero-order chi connectivity index (χ0) is 20.8. The highest BCUT2D eigenvalue weighted by Crippen LogP contribution is 2.24. The van der Waals surface area contributed by atoms with Gasteiger partial charge in [-0.25, -0.2) is 0 Å². The van der Waals surface area contributed by atoms with Gasteiger partial charge in [0.2, 0.25) is 5.82 Å². The summed E-state index contributed by atoms with van der Waals surface area (Å²) in [6, 6.07) is 15.2. The van der Waals surface area contributed by atoms with E-state index in [0.29, 0.717) is 28.9 Å². The second kappa shape index (κ2) is 9.57. The second-order valence-electron chi connectivity index (χ2n) is 7.88. The van der Waals surface area contributed by atoms with Crippen LogP contribution in [0.3, 0.4) is 0 Å². The first-order chi connectivity index (χ1) is 14.7. The van der Waals surface area contributed by atoms with Crippen LogP contribution in [0.5, 0.6) is 5.75 Å². The van der Waals surface area contributed by atoms with E-state index in [-0.39, 0.29) is 12.5 Å². The third-order valence-corrected chi connectivity index (χ3v) is 5.54. The van der Waals surface area contributed by atoms with Crippen molar-refractivity contribution in [3.63, 3.8) is 0 Å². The highest BCUT2D eigenvalue weighted by molar-refractivity contribution is 5.96. The molecule has 4 rings (SSSR count). The van der Waals surface area contributed by atoms with E-state index in [9.17, 15) is 4.79 Å². The van der Waals surface area contributed by atoms with E-state index >= 15 is 0 Å². The monoisotopic (exact) mass is 405 g/mol. The van der Waals surface area contributed by atoms with Crippen molar-refractivity contribution in [3.05, 3.63) is 65.5 Å². The highest BCUT2D eigenvalue weighted by atomic mass is 16.5. The predicted molar refractivity (Wildman–Crippen MR) is 114 cm³/mol. The molecule has 1 aromatic heterocycles. The number of benzene rings is 2. The molecule has 0 radical (unpaired) electrons. The Morgan fingerprint density at radius 1 is 1.10 bits per heavy atom. The van der Waals surface area contributed by atoms with Crippen molar-refractivity contribution in [2.75, 3.05) is 6.54 Å². The van der Waals surface area contributed by atoms with Crippen LogP contribution in [-0.2, 0) is 6.61 Å². The summed E-state index contributed by atoms with van der Waals surface area (Å²) in [6.45, 7) is 2.85. The van der Waals surface area contributed by atoms with E-state index in [1.165, 1.54) is 37.7 Å². The first-order valence-corrected chi connectivity index (χ1v) is 10.6. The first-order valence-electron chi connectivity index (χ1n) is 10.6. The van der Waals surface area contributed by atoms with Gasteiger partial charge in [-0.1, -0.05) is 66.4 Å². The molecule has 3 aromatic rings. The molecule has 0 aliphatic heterocycles. The number of nitrogens with one attached hydrogen (secondary N) is 1. The van der Waals surface area contributed by atoms with Gasteiger partial charge in [0.05, 0.1) is 5.56 Å². The Morgan fingerprint density at radius 2 is 1.87 bits per heavy atom. The van der Waals surface area contributed by atoms with Crippen molar-refractivity contribution < 1.29 is 14.1 Å². The topological polar surface area (TPSA) is 77.2 Å². The molecule has 1 aliphatic rings. The second-order valence-corrected chi connectivity index (χ2v) is 7.88. The van der Waals surface area contributed by atoms with E-state index in [4.69, 9.17) is 9.26 Å². The summed E-state index contributed by atoms with van der Waals surface area (Å²) in [6.07, 6.45) is 6.21. The number of nitrogens with zero attached hydrogens (tertiary/aromatic N) is 2. The molecule has 2 aromatic carbocycles. The molecule has 0 atom stereocenters. The number of aryl methyl sites for hydroxylation is 1. The van der Waals surface area contributed by atoms with Gasteiger partial charge in [-0.05, 0) is 37.8 Å². The summed E-state index contributed by atoms with van der Waals surface area (Å²) < 4.78 is 11.2. The molecule has 1 N–H and O–H groups in total. The Hall–Kier alpha value is -3.15. The van der Waals surface area contributed by atoms with Gasteiger partial charge in [-0.2, -0.15) is 4.98 Å². The summed E-state index contributed by atoms with van der Waals surface area (Å²) in [5, 5.41) is 7.09. The first kappa shape index (κ1) is 20.1. The number of carbonyl (C=O) groups excluding carboxylic acids is 1. The van der Waals surface area contributed by atoms with Gasteiger partial charge < -0.3 is 14.6 Å². The summed E-state index contributed by atoms with van der Waals surface area (Å²) in [5.74, 6) is 1.86. The summed E-state index contributed by atoms with van der Waals surface area (Å²) in [4.78, 5) is 17.1. The Bertz CT molecular complexity index is 975. The molecule has 30 heavy (non-hydrogen) atoms. The van der Waals surface area contributed by atoms with Crippen LogP contribution in [0.2, 0.25) is 0 Å². The van der Waals surface area contributed by atoms with Gasteiger partial charge in [0.15, 0.2) is 6.61 Å². The number of para-hydroxylation sites is 1. The normalized spacial score (nSPS) is 14.4. The minimum Gasteiger partial charge on any atom is -0.483 e. The van der Waals surface area contributed by atoms with Gasteiger partial charge in [-0.3, -0.25) is 4.79 Å². The summed E-state index contributed by atoms with van der Waals surface area (Å²) in [5.41, 5.74) is 2.58. The fourth-order valence-electron chi connectivity index (χ4n) is 3.78. The van der Waals surface area contributed by atoms with Crippen LogP contribution in [0.15, 0.2) is 53.1 Å². The van der Waals surface area contributed by atoms with Crippen molar-refractivity contribution in [1.29, 1.82) is 0 Å². The molecule has 1 fully saturated rings. The number of ether oxygens (including phenoxy) is 1. The highest BCUT2D eigenvalue weighted by Gasteiger charge is 2.17. The number of rotatable bonds is 7. The van der Waals surface area contributed by atoms with Crippen molar-refractivity contribution in [2.45, 2.75) is 45.6 Å². The maximum atomic E-state index is 12.7. The standard InChI is InChI=1S/C24H27N3O3/c1-17-11-13-19(14-12-17)23-26-22(30-27-23)16-29-21-10-6-5-9-20(21)24(28)25-15-18-7-3-2-4-8-18/h5-6,9-14,18H,2-4,7-8,15-16H2,1H3,(H,25,28). The predicted octanol–water partition coefficient (Wildman–Crippen LogP) is 4.93. The van der Waals surface area contributed by atoms with E-state index in [1.807, 2.05) is 43.3 Å². The third kappa shape index (κ3) is 5.06. The Balaban J connectivity index is 1.37. The van der Waals surface area contributed by atoms with E-state index in [2.05, 4.69) is 15.5 Å². The fraction of sp³-hybridized carbons (Fsp3) is 0.375. The average molecular weight is 405 g/mol. The number of carbonyl (C=O) groups is 1. The van der Waals surface area contributed by atoms with Crippen molar-refractivity contribution in [3.8, 4) is 17.1 Å². The SMILES string of the molecule is Cc1ccc(-c2noc(COc3ccccc3C(=O)NCC3CCCCC3)n2)cc1. The summed E-state index contributed by atoms with van der Waals surface area (Å²) in [7, 11) is 0. The smallest absolute Gasteiger partial charge is 0.264 e. The zero-order valence-corrected chi connectivity index (χ0v) is 17.3. The van der Waals surface area contributed by atoms with Crippen LogP contribution in [0, 0.1) is 12.8 Å². The fourth-order valence-corrected chi connectivity index (χ4v) is 3.78. The Morgan fingerprint density at radius 3 is 2.67 bits per heavy atom. The third-order valence-electron chi connectivity index (χ3n) is 5.54. The van der Waals surface area contributed by atoms with Crippen LogP contribution >= 0.6 is 0 Å². The average Bonchev–Trinajstić information content (AvgIpc) is 3.26. The maximum absolute atomic E-state index is 12.7. The van der Waals surface area contributed by atoms with Crippen molar-refractivity contribution in [2.24, 2.45) is 5.92 Å². The largest absolute Gasteiger partial charge is 0.483 e. The molecule has 0 unspecified atom stereocenters.